The summed E-state index contributed by atoms with van der Waals surface area (Å²) in [6, 6.07) is -0.0448. The van der Waals surface area contributed by atoms with Gasteiger partial charge in [-0.05, 0) is 45.6 Å². The molecule has 1 aliphatic rings. The van der Waals surface area contributed by atoms with Crippen LogP contribution in [-0.2, 0) is 18.4 Å². The maximum absolute atomic E-state index is 13.1. The highest BCUT2D eigenvalue weighted by atomic mass is 16.5. The highest BCUT2D eigenvalue weighted by molar-refractivity contribution is 5.77. The monoisotopic (exact) mass is 396 g/mol. The smallest absolute Gasteiger partial charge is 0.225 e. The van der Waals surface area contributed by atoms with Crippen molar-refractivity contribution in [2.75, 3.05) is 6.54 Å². The third kappa shape index (κ3) is 3.83. The molecule has 4 heterocycles. The molecular formula is C21H28N6O2. The van der Waals surface area contributed by atoms with Gasteiger partial charge in [-0.15, -0.1) is 0 Å². The van der Waals surface area contributed by atoms with E-state index in [1.165, 1.54) is 0 Å². The average molecular weight is 396 g/mol. The molecule has 0 bridgehead atoms. The predicted molar refractivity (Wildman–Crippen MR) is 108 cm³/mol. The van der Waals surface area contributed by atoms with Crippen molar-refractivity contribution in [1.29, 1.82) is 0 Å². The number of carbonyl (C=O) groups excluding carboxylic acids is 1. The first-order valence-electron chi connectivity index (χ1n) is 10.2. The van der Waals surface area contributed by atoms with Crippen LogP contribution in [-0.4, -0.2) is 42.1 Å². The van der Waals surface area contributed by atoms with Crippen LogP contribution in [0.25, 0.3) is 11.3 Å². The summed E-state index contributed by atoms with van der Waals surface area (Å²) in [5, 5.41) is 13.1. The second-order valence-corrected chi connectivity index (χ2v) is 7.95. The lowest BCUT2D eigenvalue weighted by atomic mass is 9.95. The Bertz CT molecular complexity index is 1010. The number of rotatable bonds is 5. The molecule has 1 saturated heterocycles. The minimum Gasteiger partial charge on any atom is -0.356 e. The summed E-state index contributed by atoms with van der Waals surface area (Å²) in [5.74, 6) is 0.889. The Balaban J connectivity index is 1.59. The largest absolute Gasteiger partial charge is 0.356 e. The standard InChI is InChI=1S/C21H28N6O2/c1-14-11-22-26(12-14)10-8-19(28)27-9-6-5-7-18(27)20-17(13-25(4)23-20)21-15(2)16(3)24-29-21/h11-13,18H,5-10H2,1-4H3. The fraction of sp³-hybridized carbons (Fsp3) is 0.524. The molecule has 0 aromatic carbocycles. The van der Waals surface area contributed by atoms with Crippen molar-refractivity contribution >= 4 is 5.91 Å². The van der Waals surface area contributed by atoms with Crippen molar-refractivity contribution in [2.24, 2.45) is 7.05 Å². The molecule has 1 atom stereocenters. The Labute approximate surface area is 170 Å². The summed E-state index contributed by atoms with van der Waals surface area (Å²) in [7, 11) is 1.90. The van der Waals surface area contributed by atoms with Crippen molar-refractivity contribution in [3.63, 3.8) is 0 Å². The van der Waals surface area contributed by atoms with E-state index in [0.717, 1.165) is 59.6 Å². The lowest BCUT2D eigenvalue weighted by Gasteiger charge is -2.35. The van der Waals surface area contributed by atoms with Crippen LogP contribution in [0.4, 0.5) is 0 Å². The third-order valence-corrected chi connectivity index (χ3v) is 5.72. The van der Waals surface area contributed by atoms with Crippen molar-refractivity contribution < 1.29 is 9.32 Å². The number of hydrogen-bond donors (Lipinski definition) is 0. The van der Waals surface area contributed by atoms with E-state index in [-0.39, 0.29) is 11.9 Å². The molecule has 154 valence electrons. The van der Waals surface area contributed by atoms with Crippen molar-refractivity contribution in [1.82, 2.24) is 29.6 Å². The molecule has 1 amide bonds. The number of piperidine rings is 1. The van der Waals surface area contributed by atoms with Gasteiger partial charge in [0.2, 0.25) is 5.91 Å². The Kier molecular flexibility index (Phi) is 5.25. The van der Waals surface area contributed by atoms with Crippen molar-refractivity contribution in [3.05, 3.63) is 41.1 Å². The van der Waals surface area contributed by atoms with Gasteiger partial charge in [0.25, 0.3) is 0 Å². The van der Waals surface area contributed by atoms with Crippen molar-refractivity contribution in [3.8, 4) is 11.3 Å². The van der Waals surface area contributed by atoms with E-state index in [9.17, 15) is 4.79 Å². The Hall–Kier alpha value is -2.90. The molecule has 1 unspecified atom stereocenters. The SMILES string of the molecule is Cc1cnn(CCC(=O)N2CCCCC2c2nn(C)cc2-c2onc(C)c2C)c1. The van der Waals surface area contributed by atoms with Gasteiger partial charge in [0, 0.05) is 44.5 Å². The van der Waals surface area contributed by atoms with Crippen LogP contribution in [0.15, 0.2) is 23.1 Å². The number of nitrogens with zero attached hydrogens (tertiary/aromatic N) is 6. The zero-order chi connectivity index (χ0) is 20.5. The van der Waals surface area contributed by atoms with Gasteiger partial charge < -0.3 is 9.42 Å². The maximum atomic E-state index is 13.1. The zero-order valence-corrected chi connectivity index (χ0v) is 17.6. The quantitative estimate of drug-likeness (QED) is 0.661. The average Bonchev–Trinajstić information content (AvgIpc) is 3.39. The second-order valence-electron chi connectivity index (χ2n) is 7.95. The Morgan fingerprint density at radius 1 is 1.24 bits per heavy atom. The molecule has 3 aromatic heterocycles. The van der Waals surface area contributed by atoms with E-state index < -0.39 is 0 Å². The molecule has 8 heteroatoms. The molecule has 1 fully saturated rings. The van der Waals surface area contributed by atoms with E-state index >= 15 is 0 Å². The fourth-order valence-corrected chi connectivity index (χ4v) is 4.05. The summed E-state index contributed by atoms with van der Waals surface area (Å²) in [5.41, 5.74) is 4.82. The van der Waals surface area contributed by atoms with Gasteiger partial charge in [0.15, 0.2) is 5.76 Å². The maximum Gasteiger partial charge on any atom is 0.225 e. The van der Waals surface area contributed by atoms with Gasteiger partial charge in [0.05, 0.1) is 29.2 Å². The minimum absolute atomic E-state index is 0.0448. The van der Waals surface area contributed by atoms with Crippen LogP contribution in [0, 0.1) is 20.8 Å². The van der Waals surface area contributed by atoms with Gasteiger partial charge in [-0.1, -0.05) is 5.16 Å². The predicted octanol–water partition coefficient (Wildman–Crippen LogP) is 3.34. The molecule has 3 aromatic rings. The van der Waals surface area contributed by atoms with E-state index in [1.54, 1.807) is 4.68 Å². The summed E-state index contributed by atoms with van der Waals surface area (Å²) < 4.78 is 9.24. The first-order chi connectivity index (χ1) is 13.9. The number of aryl methyl sites for hydroxylation is 4. The summed E-state index contributed by atoms with van der Waals surface area (Å²) >= 11 is 0. The van der Waals surface area contributed by atoms with Crippen LogP contribution in [0.3, 0.4) is 0 Å². The van der Waals surface area contributed by atoms with Crippen LogP contribution >= 0.6 is 0 Å². The van der Waals surface area contributed by atoms with E-state index in [4.69, 9.17) is 9.62 Å². The van der Waals surface area contributed by atoms with Gasteiger partial charge >= 0.3 is 0 Å². The normalized spacial score (nSPS) is 17.1. The summed E-state index contributed by atoms with van der Waals surface area (Å²) in [6.07, 6.45) is 9.18. The second kappa shape index (κ2) is 7.85. The van der Waals surface area contributed by atoms with Crippen LogP contribution in [0.5, 0.6) is 0 Å². The summed E-state index contributed by atoms with van der Waals surface area (Å²) in [6.45, 7) is 7.29. The van der Waals surface area contributed by atoms with Gasteiger partial charge in [-0.25, -0.2) is 0 Å². The lowest BCUT2D eigenvalue weighted by molar-refractivity contribution is -0.135. The van der Waals surface area contributed by atoms with E-state index in [0.29, 0.717) is 13.0 Å². The molecule has 0 aliphatic carbocycles. The molecule has 0 radical (unpaired) electrons. The number of amides is 1. The van der Waals surface area contributed by atoms with Gasteiger partial charge in [-0.3, -0.25) is 14.2 Å². The minimum atomic E-state index is -0.0448. The molecule has 1 aliphatic heterocycles. The molecule has 0 spiro atoms. The number of carbonyl (C=O) groups is 1. The number of likely N-dealkylation sites (tertiary alicyclic amines) is 1. The van der Waals surface area contributed by atoms with Crippen LogP contribution < -0.4 is 0 Å². The van der Waals surface area contributed by atoms with E-state index in [1.807, 2.05) is 56.0 Å². The topological polar surface area (TPSA) is 82.0 Å². The van der Waals surface area contributed by atoms with E-state index in [2.05, 4.69) is 10.3 Å². The highest BCUT2D eigenvalue weighted by Gasteiger charge is 2.33. The Morgan fingerprint density at radius 2 is 2.07 bits per heavy atom. The van der Waals surface area contributed by atoms with Crippen LogP contribution in [0.1, 0.15) is 54.2 Å². The lowest BCUT2D eigenvalue weighted by Crippen LogP contribution is -2.39. The fourth-order valence-electron chi connectivity index (χ4n) is 4.05. The third-order valence-electron chi connectivity index (χ3n) is 5.72. The number of hydrogen-bond acceptors (Lipinski definition) is 5. The molecule has 0 N–H and O–H groups in total. The molecule has 29 heavy (non-hydrogen) atoms. The molecule has 4 rings (SSSR count). The first-order valence-corrected chi connectivity index (χ1v) is 10.2. The highest BCUT2D eigenvalue weighted by Crippen LogP contribution is 2.37. The Morgan fingerprint density at radius 3 is 2.76 bits per heavy atom. The van der Waals surface area contributed by atoms with Crippen LogP contribution in [0.2, 0.25) is 0 Å². The molecule has 8 nitrogen and oxygen atoms in total. The number of aromatic nitrogens is 5. The summed E-state index contributed by atoms with van der Waals surface area (Å²) in [4.78, 5) is 15.1. The van der Waals surface area contributed by atoms with Crippen molar-refractivity contribution in [2.45, 2.75) is 59.0 Å². The molecule has 0 saturated carbocycles. The zero-order valence-electron chi connectivity index (χ0n) is 17.6. The van der Waals surface area contributed by atoms with Gasteiger partial charge in [-0.2, -0.15) is 10.2 Å². The molecular weight excluding hydrogens is 368 g/mol. The first kappa shape index (κ1) is 19.4. The van der Waals surface area contributed by atoms with Gasteiger partial charge in [0.1, 0.15) is 0 Å².